The Morgan fingerprint density at radius 3 is 3.14 bits per heavy atom. The van der Waals surface area contributed by atoms with E-state index in [1.165, 1.54) is 38.9 Å². The Hall–Kier alpha value is -0.340. The fourth-order valence-corrected chi connectivity index (χ4v) is 2.13. The van der Waals surface area contributed by atoms with Crippen LogP contribution >= 0.6 is 0 Å². The molecule has 1 aliphatic rings. The van der Waals surface area contributed by atoms with Crippen LogP contribution in [0.15, 0.2) is 12.7 Å². The van der Waals surface area contributed by atoms with E-state index >= 15 is 0 Å². The molecule has 1 saturated heterocycles. The number of likely N-dealkylation sites (tertiary alicyclic amines) is 1. The van der Waals surface area contributed by atoms with Gasteiger partial charge in [0.25, 0.3) is 0 Å². The summed E-state index contributed by atoms with van der Waals surface area (Å²) in [6.45, 7) is 11.8. The van der Waals surface area contributed by atoms with Gasteiger partial charge in [-0.2, -0.15) is 0 Å². The molecule has 0 radical (unpaired) electrons. The molecule has 0 aromatic heterocycles. The van der Waals surface area contributed by atoms with E-state index in [4.69, 9.17) is 0 Å². The van der Waals surface area contributed by atoms with E-state index in [9.17, 15) is 0 Å². The van der Waals surface area contributed by atoms with Gasteiger partial charge in [0.15, 0.2) is 0 Å². The SMILES string of the molecule is C=CCNCCN1CCCC(CC)C1. The average Bonchev–Trinajstić information content (AvgIpc) is 2.25. The third kappa shape index (κ3) is 4.25. The first kappa shape index (κ1) is 11.7. The second-order valence-electron chi connectivity index (χ2n) is 4.21. The molecule has 14 heavy (non-hydrogen) atoms. The van der Waals surface area contributed by atoms with E-state index in [1.54, 1.807) is 0 Å². The molecular formula is C12H24N2. The summed E-state index contributed by atoms with van der Waals surface area (Å²) < 4.78 is 0. The highest BCUT2D eigenvalue weighted by atomic mass is 15.1. The number of nitrogens with zero attached hydrogens (tertiary/aromatic N) is 1. The number of hydrogen-bond donors (Lipinski definition) is 1. The van der Waals surface area contributed by atoms with Gasteiger partial charge < -0.3 is 10.2 Å². The van der Waals surface area contributed by atoms with Gasteiger partial charge in [-0.15, -0.1) is 6.58 Å². The summed E-state index contributed by atoms with van der Waals surface area (Å²) in [5.74, 6) is 0.947. The van der Waals surface area contributed by atoms with Crippen LogP contribution in [0, 0.1) is 5.92 Å². The minimum absolute atomic E-state index is 0.936. The van der Waals surface area contributed by atoms with Crippen LogP contribution < -0.4 is 5.32 Å². The Bertz CT molecular complexity index is 156. The maximum Gasteiger partial charge on any atom is 0.0132 e. The monoisotopic (exact) mass is 196 g/mol. The van der Waals surface area contributed by atoms with E-state index in [1.807, 2.05) is 6.08 Å². The molecule has 0 aromatic rings. The highest BCUT2D eigenvalue weighted by molar-refractivity contribution is 4.74. The highest BCUT2D eigenvalue weighted by Gasteiger charge is 2.17. The van der Waals surface area contributed by atoms with Crippen LogP contribution in [0.1, 0.15) is 26.2 Å². The first-order valence-electron chi connectivity index (χ1n) is 5.90. The van der Waals surface area contributed by atoms with Crippen LogP contribution in [0.5, 0.6) is 0 Å². The number of rotatable bonds is 6. The van der Waals surface area contributed by atoms with Crippen molar-refractivity contribution in [1.82, 2.24) is 10.2 Å². The van der Waals surface area contributed by atoms with Gasteiger partial charge in [0.1, 0.15) is 0 Å². The van der Waals surface area contributed by atoms with Gasteiger partial charge in [-0.25, -0.2) is 0 Å². The Kier molecular flexibility index (Phi) is 5.88. The van der Waals surface area contributed by atoms with E-state index in [2.05, 4.69) is 23.7 Å². The van der Waals surface area contributed by atoms with Crippen LogP contribution in [0.3, 0.4) is 0 Å². The number of nitrogens with one attached hydrogen (secondary N) is 1. The van der Waals surface area contributed by atoms with Gasteiger partial charge in [0, 0.05) is 26.2 Å². The van der Waals surface area contributed by atoms with Gasteiger partial charge >= 0.3 is 0 Å². The molecule has 1 N–H and O–H groups in total. The molecule has 82 valence electrons. The van der Waals surface area contributed by atoms with Crippen molar-refractivity contribution >= 4 is 0 Å². The molecule has 1 rings (SSSR count). The Morgan fingerprint density at radius 2 is 2.43 bits per heavy atom. The van der Waals surface area contributed by atoms with Crippen molar-refractivity contribution in [2.75, 3.05) is 32.7 Å². The Morgan fingerprint density at radius 1 is 1.57 bits per heavy atom. The Balaban J connectivity index is 2.08. The molecule has 2 nitrogen and oxygen atoms in total. The zero-order chi connectivity index (χ0) is 10.2. The molecule has 0 spiro atoms. The Labute approximate surface area is 88.4 Å². The molecule has 1 heterocycles. The van der Waals surface area contributed by atoms with Crippen molar-refractivity contribution in [3.8, 4) is 0 Å². The van der Waals surface area contributed by atoms with Crippen molar-refractivity contribution in [3.05, 3.63) is 12.7 Å². The summed E-state index contributed by atoms with van der Waals surface area (Å²) in [4.78, 5) is 2.59. The molecule has 0 bridgehead atoms. The maximum absolute atomic E-state index is 3.69. The summed E-state index contributed by atoms with van der Waals surface area (Å²) in [5, 5.41) is 3.36. The number of hydrogen-bond acceptors (Lipinski definition) is 2. The first-order chi connectivity index (χ1) is 6.86. The topological polar surface area (TPSA) is 15.3 Å². The quantitative estimate of drug-likeness (QED) is 0.515. The normalized spacial score (nSPS) is 23.6. The molecule has 2 heteroatoms. The van der Waals surface area contributed by atoms with Crippen LogP contribution in [0.4, 0.5) is 0 Å². The second-order valence-corrected chi connectivity index (χ2v) is 4.21. The van der Waals surface area contributed by atoms with Gasteiger partial charge in [-0.05, 0) is 25.3 Å². The minimum atomic E-state index is 0.936. The lowest BCUT2D eigenvalue weighted by Gasteiger charge is -2.32. The van der Waals surface area contributed by atoms with Crippen molar-refractivity contribution in [2.24, 2.45) is 5.92 Å². The highest BCUT2D eigenvalue weighted by Crippen LogP contribution is 2.18. The van der Waals surface area contributed by atoms with Gasteiger partial charge in [-0.1, -0.05) is 19.4 Å². The molecular weight excluding hydrogens is 172 g/mol. The zero-order valence-corrected chi connectivity index (χ0v) is 9.47. The third-order valence-electron chi connectivity index (χ3n) is 3.07. The van der Waals surface area contributed by atoms with Crippen molar-refractivity contribution in [3.63, 3.8) is 0 Å². The van der Waals surface area contributed by atoms with Crippen LogP contribution in [0.25, 0.3) is 0 Å². The zero-order valence-electron chi connectivity index (χ0n) is 9.47. The summed E-state index contributed by atoms with van der Waals surface area (Å²) >= 11 is 0. The van der Waals surface area contributed by atoms with Gasteiger partial charge in [-0.3, -0.25) is 0 Å². The maximum atomic E-state index is 3.69. The van der Waals surface area contributed by atoms with Crippen molar-refractivity contribution < 1.29 is 0 Å². The fourth-order valence-electron chi connectivity index (χ4n) is 2.13. The fraction of sp³-hybridized carbons (Fsp3) is 0.833. The molecule has 1 unspecified atom stereocenters. The third-order valence-corrected chi connectivity index (χ3v) is 3.07. The predicted octanol–water partition coefficient (Wildman–Crippen LogP) is 1.88. The van der Waals surface area contributed by atoms with Crippen molar-refractivity contribution in [2.45, 2.75) is 26.2 Å². The largest absolute Gasteiger partial charge is 0.312 e. The van der Waals surface area contributed by atoms with E-state index < -0.39 is 0 Å². The van der Waals surface area contributed by atoms with E-state index in [0.717, 1.165) is 19.0 Å². The standard InChI is InChI=1S/C12H24N2/c1-3-7-13-8-10-14-9-5-6-12(4-2)11-14/h3,12-13H,1,4-11H2,2H3. The first-order valence-corrected chi connectivity index (χ1v) is 5.90. The molecule has 1 fully saturated rings. The van der Waals surface area contributed by atoms with Crippen LogP contribution in [-0.2, 0) is 0 Å². The van der Waals surface area contributed by atoms with Crippen molar-refractivity contribution in [1.29, 1.82) is 0 Å². The molecule has 0 amide bonds. The molecule has 0 saturated carbocycles. The summed E-state index contributed by atoms with van der Waals surface area (Å²) in [5.41, 5.74) is 0. The average molecular weight is 196 g/mol. The molecule has 0 aliphatic carbocycles. The number of piperidine rings is 1. The lowest BCUT2D eigenvalue weighted by atomic mass is 9.96. The van der Waals surface area contributed by atoms with E-state index in [-0.39, 0.29) is 0 Å². The predicted molar refractivity (Wildman–Crippen MR) is 62.5 cm³/mol. The smallest absolute Gasteiger partial charge is 0.0132 e. The van der Waals surface area contributed by atoms with Crippen LogP contribution in [-0.4, -0.2) is 37.6 Å². The molecule has 1 atom stereocenters. The minimum Gasteiger partial charge on any atom is -0.312 e. The summed E-state index contributed by atoms with van der Waals surface area (Å²) in [7, 11) is 0. The molecule has 1 aliphatic heterocycles. The second kappa shape index (κ2) is 7.02. The van der Waals surface area contributed by atoms with E-state index in [0.29, 0.717) is 0 Å². The summed E-state index contributed by atoms with van der Waals surface area (Å²) in [6, 6.07) is 0. The lowest BCUT2D eigenvalue weighted by Crippen LogP contribution is -2.39. The van der Waals surface area contributed by atoms with Crippen LogP contribution in [0.2, 0.25) is 0 Å². The van der Waals surface area contributed by atoms with Gasteiger partial charge in [0.2, 0.25) is 0 Å². The lowest BCUT2D eigenvalue weighted by molar-refractivity contribution is 0.173. The molecule has 0 aromatic carbocycles. The summed E-state index contributed by atoms with van der Waals surface area (Å²) in [6.07, 6.45) is 6.09. The van der Waals surface area contributed by atoms with Gasteiger partial charge in [0.05, 0.1) is 0 Å².